The van der Waals surface area contributed by atoms with Crippen LogP contribution in [0.3, 0.4) is 0 Å². The number of anilines is 1. The van der Waals surface area contributed by atoms with Gasteiger partial charge in [-0.25, -0.2) is 9.97 Å². The maximum atomic E-state index is 4.50. The molecule has 7 nitrogen and oxygen atoms in total. The second kappa shape index (κ2) is 11.9. The van der Waals surface area contributed by atoms with Crippen molar-refractivity contribution in [2.24, 2.45) is 10.9 Å². The maximum absolute atomic E-state index is 4.50. The van der Waals surface area contributed by atoms with Crippen LogP contribution in [-0.4, -0.2) is 58.6 Å². The molecule has 154 valence electrons. The van der Waals surface area contributed by atoms with Gasteiger partial charge in [0.1, 0.15) is 5.82 Å². The molecule has 0 amide bonds. The number of aromatic nitrogens is 3. The molecule has 0 saturated carbocycles. The number of guanidine groups is 1. The fraction of sp³-hybridized carbons (Fsp3) is 0.550. The molecule has 2 N–H and O–H groups in total. The van der Waals surface area contributed by atoms with Gasteiger partial charge in [-0.15, -0.1) is 24.0 Å². The van der Waals surface area contributed by atoms with E-state index in [2.05, 4.69) is 48.2 Å². The number of hydrogen-bond acceptors (Lipinski definition) is 4. The van der Waals surface area contributed by atoms with E-state index in [0.29, 0.717) is 12.0 Å². The predicted octanol–water partition coefficient (Wildman–Crippen LogP) is 3.25. The number of nitrogens with one attached hydrogen (secondary N) is 2. The van der Waals surface area contributed by atoms with Crippen molar-refractivity contribution in [2.75, 3.05) is 38.5 Å². The highest BCUT2D eigenvalue weighted by molar-refractivity contribution is 14.0. The van der Waals surface area contributed by atoms with Crippen molar-refractivity contribution in [1.82, 2.24) is 24.8 Å². The summed E-state index contributed by atoms with van der Waals surface area (Å²) in [4.78, 5) is 15.4. The zero-order valence-corrected chi connectivity index (χ0v) is 19.1. The minimum absolute atomic E-state index is 0. The summed E-state index contributed by atoms with van der Waals surface area (Å²) in [5, 5.41) is 6.87. The van der Waals surface area contributed by atoms with E-state index in [9.17, 15) is 0 Å². The summed E-state index contributed by atoms with van der Waals surface area (Å²) in [5.74, 6) is 2.59. The van der Waals surface area contributed by atoms with Crippen LogP contribution in [0, 0.1) is 5.92 Å². The molecule has 2 aromatic heterocycles. The molecule has 3 heterocycles. The zero-order valence-electron chi connectivity index (χ0n) is 16.8. The molecule has 1 fully saturated rings. The summed E-state index contributed by atoms with van der Waals surface area (Å²) in [7, 11) is 1.87. The van der Waals surface area contributed by atoms with Crippen LogP contribution in [0.15, 0.2) is 48.1 Å². The van der Waals surface area contributed by atoms with E-state index in [-0.39, 0.29) is 24.0 Å². The van der Waals surface area contributed by atoms with Crippen LogP contribution in [-0.2, 0) is 0 Å². The van der Waals surface area contributed by atoms with Gasteiger partial charge in [-0.1, -0.05) is 13.0 Å². The van der Waals surface area contributed by atoms with E-state index in [1.165, 1.54) is 0 Å². The summed E-state index contributed by atoms with van der Waals surface area (Å²) in [6, 6.07) is 6.37. The number of halogens is 1. The minimum atomic E-state index is 0. The Hall–Kier alpha value is -1.84. The monoisotopic (exact) mass is 497 g/mol. The van der Waals surface area contributed by atoms with Gasteiger partial charge in [0.2, 0.25) is 0 Å². The van der Waals surface area contributed by atoms with Crippen molar-refractivity contribution in [3.8, 4) is 0 Å². The molecule has 0 radical (unpaired) electrons. The average molecular weight is 497 g/mol. The number of imidazole rings is 1. The molecule has 0 bridgehead atoms. The molecular weight excluding hydrogens is 465 g/mol. The normalized spacial score (nSPS) is 19.8. The largest absolute Gasteiger partial charge is 0.370 e. The number of nitrogens with zero attached hydrogens (tertiary/aromatic N) is 5. The van der Waals surface area contributed by atoms with Gasteiger partial charge in [-0.05, 0) is 37.3 Å². The van der Waals surface area contributed by atoms with Crippen LogP contribution >= 0.6 is 24.0 Å². The number of rotatable bonds is 7. The van der Waals surface area contributed by atoms with Crippen molar-refractivity contribution in [1.29, 1.82) is 0 Å². The van der Waals surface area contributed by atoms with Crippen LogP contribution in [0.5, 0.6) is 0 Å². The Morgan fingerprint density at radius 2 is 2.11 bits per heavy atom. The summed E-state index contributed by atoms with van der Waals surface area (Å²) < 4.78 is 2.23. The summed E-state index contributed by atoms with van der Waals surface area (Å²) in [5.41, 5.74) is 0. The van der Waals surface area contributed by atoms with Crippen LogP contribution in [0.2, 0.25) is 0 Å². The van der Waals surface area contributed by atoms with Crippen molar-refractivity contribution >= 4 is 35.8 Å². The highest BCUT2D eigenvalue weighted by Crippen LogP contribution is 2.27. The molecule has 28 heavy (non-hydrogen) atoms. The third kappa shape index (κ3) is 6.35. The smallest absolute Gasteiger partial charge is 0.193 e. The van der Waals surface area contributed by atoms with Gasteiger partial charge in [-0.3, -0.25) is 4.99 Å². The van der Waals surface area contributed by atoms with Gasteiger partial charge >= 0.3 is 0 Å². The fourth-order valence-corrected chi connectivity index (χ4v) is 3.56. The highest BCUT2D eigenvalue weighted by Gasteiger charge is 2.28. The maximum Gasteiger partial charge on any atom is 0.193 e. The zero-order chi connectivity index (χ0) is 18.9. The lowest BCUT2D eigenvalue weighted by Gasteiger charge is -2.39. The highest BCUT2D eigenvalue weighted by atomic mass is 127. The number of aliphatic imine (C=N–C) groups is 1. The predicted molar refractivity (Wildman–Crippen MR) is 125 cm³/mol. The molecule has 1 aliphatic rings. The molecular formula is C20H32IN7. The Balaban J connectivity index is 0.00000280. The van der Waals surface area contributed by atoms with E-state index in [4.69, 9.17) is 0 Å². The van der Waals surface area contributed by atoms with Gasteiger partial charge in [-0.2, -0.15) is 0 Å². The number of hydrogen-bond donors (Lipinski definition) is 2. The SMILES string of the molecule is CN=C(NCCCCNc1ccccn1)N1CCC(C)C(n2ccnc2)C1.I. The van der Waals surface area contributed by atoms with Gasteiger partial charge in [0.05, 0.1) is 12.4 Å². The quantitative estimate of drug-likeness (QED) is 0.266. The molecule has 1 saturated heterocycles. The van der Waals surface area contributed by atoms with Crippen molar-refractivity contribution in [3.63, 3.8) is 0 Å². The van der Waals surface area contributed by atoms with Gasteiger partial charge in [0.15, 0.2) is 5.96 Å². The lowest BCUT2D eigenvalue weighted by molar-refractivity contribution is 0.189. The first-order valence-electron chi connectivity index (χ1n) is 9.86. The van der Waals surface area contributed by atoms with E-state index in [0.717, 1.165) is 57.2 Å². The molecule has 3 rings (SSSR count). The van der Waals surface area contributed by atoms with E-state index in [1.807, 2.05) is 44.0 Å². The van der Waals surface area contributed by atoms with Crippen LogP contribution in [0.4, 0.5) is 5.82 Å². The molecule has 2 aromatic rings. The first-order valence-corrected chi connectivity index (χ1v) is 9.86. The van der Waals surface area contributed by atoms with Crippen LogP contribution < -0.4 is 10.6 Å². The van der Waals surface area contributed by atoms with Gasteiger partial charge in [0, 0.05) is 51.8 Å². The molecule has 1 aliphatic heterocycles. The first-order chi connectivity index (χ1) is 13.3. The Morgan fingerprint density at radius 1 is 1.25 bits per heavy atom. The standard InChI is InChI=1S/C20H31N7.HI/c1-17-8-13-26(15-18(17)27-14-12-22-16-27)20(21-2)25-11-6-5-10-24-19-7-3-4-9-23-19;/h3-4,7,9,12,14,16-18H,5-6,8,10-11,13,15H2,1-2H3,(H,21,25)(H,23,24);1H. The summed E-state index contributed by atoms with van der Waals surface area (Å²) in [6.45, 7) is 6.21. The third-order valence-electron chi connectivity index (χ3n) is 5.20. The Bertz CT molecular complexity index is 690. The number of unbranched alkanes of at least 4 members (excludes halogenated alkanes) is 1. The molecule has 2 unspecified atom stereocenters. The van der Waals surface area contributed by atoms with Gasteiger partial charge < -0.3 is 20.1 Å². The molecule has 2 atom stereocenters. The first kappa shape index (κ1) is 22.4. The Morgan fingerprint density at radius 3 is 2.82 bits per heavy atom. The summed E-state index contributed by atoms with van der Waals surface area (Å²) in [6.07, 6.45) is 11.0. The number of piperidine rings is 1. The second-order valence-corrected chi connectivity index (χ2v) is 7.11. The number of pyridine rings is 1. The van der Waals surface area contributed by atoms with Crippen molar-refractivity contribution in [2.45, 2.75) is 32.2 Å². The second-order valence-electron chi connectivity index (χ2n) is 7.11. The van der Waals surface area contributed by atoms with E-state index < -0.39 is 0 Å². The molecule has 0 aliphatic carbocycles. The van der Waals surface area contributed by atoms with Crippen LogP contribution in [0.1, 0.15) is 32.2 Å². The third-order valence-corrected chi connectivity index (χ3v) is 5.20. The summed E-state index contributed by atoms with van der Waals surface area (Å²) >= 11 is 0. The van der Waals surface area contributed by atoms with Crippen molar-refractivity contribution < 1.29 is 0 Å². The molecule has 0 aromatic carbocycles. The lowest BCUT2D eigenvalue weighted by Crippen LogP contribution is -2.49. The fourth-order valence-electron chi connectivity index (χ4n) is 3.56. The Kier molecular flexibility index (Phi) is 9.52. The lowest BCUT2D eigenvalue weighted by atomic mass is 9.93. The topological polar surface area (TPSA) is 70.4 Å². The molecule has 0 spiro atoms. The van der Waals surface area contributed by atoms with Crippen LogP contribution in [0.25, 0.3) is 0 Å². The van der Waals surface area contributed by atoms with E-state index >= 15 is 0 Å². The minimum Gasteiger partial charge on any atom is -0.370 e. The van der Waals surface area contributed by atoms with E-state index in [1.54, 1.807) is 0 Å². The number of likely N-dealkylation sites (tertiary alicyclic amines) is 1. The average Bonchev–Trinajstić information content (AvgIpc) is 3.23. The van der Waals surface area contributed by atoms with Gasteiger partial charge in [0.25, 0.3) is 0 Å². The molecule has 8 heteroatoms. The Labute approximate surface area is 185 Å². The van der Waals surface area contributed by atoms with Crippen molar-refractivity contribution in [3.05, 3.63) is 43.1 Å².